The van der Waals surface area contributed by atoms with Gasteiger partial charge in [0.2, 0.25) is 10.0 Å². The molecule has 2 fully saturated rings. The maximum atomic E-state index is 12.8. The molecule has 2 saturated heterocycles. The van der Waals surface area contributed by atoms with Crippen LogP contribution >= 0.6 is 27.5 Å². The van der Waals surface area contributed by atoms with Gasteiger partial charge in [0, 0.05) is 16.6 Å². The van der Waals surface area contributed by atoms with E-state index in [-0.39, 0.29) is 16.0 Å². The van der Waals surface area contributed by atoms with E-state index in [4.69, 9.17) is 11.6 Å². The highest BCUT2D eigenvalue weighted by atomic mass is 79.9. The lowest BCUT2D eigenvalue weighted by atomic mass is 9.89. The highest BCUT2D eigenvalue weighted by molar-refractivity contribution is 9.10. The van der Waals surface area contributed by atoms with Crippen LogP contribution in [0.25, 0.3) is 0 Å². The third-order valence-electron chi connectivity index (χ3n) is 4.24. The Morgan fingerprint density at radius 1 is 1.38 bits per heavy atom. The van der Waals surface area contributed by atoms with Crippen LogP contribution in [0.5, 0.6) is 0 Å². The Kier molecular flexibility index (Phi) is 3.80. The van der Waals surface area contributed by atoms with E-state index in [0.717, 1.165) is 0 Å². The molecule has 21 heavy (non-hydrogen) atoms. The minimum Gasteiger partial charge on any atom is -0.481 e. The van der Waals surface area contributed by atoms with Crippen molar-refractivity contribution in [3.05, 3.63) is 27.7 Å². The molecule has 114 valence electrons. The van der Waals surface area contributed by atoms with Crippen molar-refractivity contribution in [2.75, 3.05) is 0 Å². The van der Waals surface area contributed by atoms with Crippen molar-refractivity contribution in [2.45, 2.75) is 36.2 Å². The molecule has 2 aliphatic rings. The first-order chi connectivity index (χ1) is 9.82. The molecule has 0 saturated carbocycles. The number of carboxylic acid groups (broad SMARTS) is 1. The molecule has 3 atom stereocenters. The van der Waals surface area contributed by atoms with E-state index in [0.29, 0.717) is 23.7 Å². The molecule has 3 rings (SSSR count). The summed E-state index contributed by atoms with van der Waals surface area (Å²) in [5.74, 6) is -1.54. The van der Waals surface area contributed by atoms with Gasteiger partial charge in [-0.2, -0.15) is 4.31 Å². The number of sulfonamides is 1. The first-order valence-electron chi connectivity index (χ1n) is 6.54. The molecular weight excluding hydrogens is 382 g/mol. The molecule has 0 amide bonds. The number of hydrogen-bond acceptors (Lipinski definition) is 3. The third-order valence-corrected chi connectivity index (χ3v) is 7.19. The van der Waals surface area contributed by atoms with Crippen LogP contribution in [0.15, 0.2) is 27.6 Å². The number of fused-ring (bicyclic) bond motifs is 2. The second-order valence-corrected chi connectivity index (χ2v) is 8.52. The number of benzene rings is 1. The van der Waals surface area contributed by atoms with Crippen molar-refractivity contribution in [3.8, 4) is 0 Å². The van der Waals surface area contributed by atoms with Gasteiger partial charge >= 0.3 is 5.97 Å². The van der Waals surface area contributed by atoms with Crippen molar-refractivity contribution < 1.29 is 18.3 Å². The summed E-state index contributed by atoms with van der Waals surface area (Å²) in [6.45, 7) is 0. The number of nitrogens with zero attached hydrogens (tertiary/aromatic N) is 1. The van der Waals surface area contributed by atoms with Gasteiger partial charge in [0.05, 0.1) is 10.9 Å². The van der Waals surface area contributed by atoms with E-state index >= 15 is 0 Å². The molecular formula is C13H13BrClNO4S. The molecule has 0 radical (unpaired) electrons. The maximum Gasteiger partial charge on any atom is 0.308 e. The number of rotatable bonds is 3. The van der Waals surface area contributed by atoms with Crippen molar-refractivity contribution in [2.24, 2.45) is 5.92 Å². The molecule has 5 nitrogen and oxygen atoms in total. The van der Waals surface area contributed by atoms with Crippen LogP contribution in [0.4, 0.5) is 0 Å². The largest absolute Gasteiger partial charge is 0.481 e. The quantitative estimate of drug-likeness (QED) is 0.855. The molecule has 0 aromatic heterocycles. The van der Waals surface area contributed by atoms with Gasteiger partial charge in [0.25, 0.3) is 0 Å². The number of carbonyl (C=O) groups is 1. The normalized spacial score (nSPS) is 29.0. The first kappa shape index (κ1) is 15.3. The zero-order valence-electron chi connectivity index (χ0n) is 10.9. The van der Waals surface area contributed by atoms with E-state index < -0.39 is 28.0 Å². The smallest absolute Gasteiger partial charge is 0.308 e. The summed E-state index contributed by atoms with van der Waals surface area (Å²) in [5.41, 5.74) is 0. The lowest BCUT2D eigenvalue weighted by Crippen LogP contribution is -2.37. The Morgan fingerprint density at radius 3 is 2.67 bits per heavy atom. The van der Waals surface area contributed by atoms with Crippen LogP contribution in [-0.2, 0) is 14.8 Å². The second-order valence-electron chi connectivity index (χ2n) is 5.39. The minimum absolute atomic E-state index is 0.0373. The van der Waals surface area contributed by atoms with E-state index in [1.165, 1.54) is 16.4 Å². The van der Waals surface area contributed by atoms with Crippen LogP contribution in [0.3, 0.4) is 0 Å². The Hall–Kier alpha value is -0.630. The fourth-order valence-electron chi connectivity index (χ4n) is 3.38. The monoisotopic (exact) mass is 393 g/mol. The topological polar surface area (TPSA) is 74.7 Å². The van der Waals surface area contributed by atoms with Gasteiger partial charge in [-0.15, -0.1) is 0 Å². The van der Waals surface area contributed by atoms with E-state index in [1.54, 1.807) is 6.07 Å². The highest BCUT2D eigenvalue weighted by Crippen LogP contribution is 2.45. The summed E-state index contributed by atoms with van der Waals surface area (Å²) in [5, 5.41) is 9.37. The van der Waals surface area contributed by atoms with E-state index in [9.17, 15) is 18.3 Å². The van der Waals surface area contributed by atoms with E-state index in [1.807, 2.05) is 0 Å². The number of carboxylic acids is 1. The van der Waals surface area contributed by atoms with Gasteiger partial charge in [-0.25, -0.2) is 8.42 Å². The minimum atomic E-state index is -3.77. The van der Waals surface area contributed by atoms with Crippen molar-refractivity contribution >= 4 is 43.5 Å². The summed E-state index contributed by atoms with van der Waals surface area (Å²) < 4.78 is 27.7. The standard InChI is InChI=1S/C13H13BrClNO4S/c14-7-1-4-12(10(15)5-7)21(19,20)16-8-2-3-11(16)9(6-8)13(17)18/h1,4-5,8-9,11H,2-3,6H2,(H,17,18). The Bertz CT molecular complexity index is 708. The SMILES string of the molecule is O=C(O)C1CC2CCC1N2S(=O)(=O)c1ccc(Br)cc1Cl. The molecule has 2 heterocycles. The predicted molar refractivity (Wildman–Crippen MR) is 80.7 cm³/mol. The lowest BCUT2D eigenvalue weighted by molar-refractivity contribution is -0.142. The fraction of sp³-hybridized carbons (Fsp3) is 0.462. The average Bonchev–Trinajstić information content (AvgIpc) is 2.96. The molecule has 0 aliphatic carbocycles. The van der Waals surface area contributed by atoms with Crippen LogP contribution < -0.4 is 0 Å². The summed E-state index contributed by atoms with van der Waals surface area (Å²) in [7, 11) is -3.77. The molecule has 0 spiro atoms. The summed E-state index contributed by atoms with van der Waals surface area (Å²) >= 11 is 9.30. The van der Waals surface area contributed by atoms with Gasteiger partial charge in [-0.05, 0) is 37.5 Å². The van der Waals surface area contributed by atoms with E-state index in [2.05, 4.69) is 15.9 Å². The molecule has 1 aromatic carbocycles. The highest BCUT2D eigenvalue weighted by Gasteiger charge is 2.54. The number of hydrogen-bond donors (Lipinski definition) is 1. The van der Waals surface area contributed by atoms with Gasteiger partial charge in [-0.3, -0.25) is 4.79 Å². The van der Waals surface area contributed by atoms with Crippen LogP contribution in [0, 0.1) is 5.92 Å². The zero-order chi connectivity index (χ0) is 15.4. The summed E-state index contributed by atoms with van der Waals surface area (Å²) in [4.78, 5) is 11.3. The molecule has 2 bridgehead atoms. The summed E-state index contributed by atoms with van der Waals surface area (Å²) in [6, 6.07) is 3.90. The third kappa shape index (κ3) is 2.40. The zero-order valence-corrected chi connectivity index (χ0v) is 14.0. The van der Waals surface area contributed by atoms with Crippen LogP contribution in [0.2, 0.25) is 5.02 Å². The van der Waals surface area contributed by atoms with Gasteiger partial charge in [0.1, 0.15) is 4.90 Å². The predicted octanol–water partition coefficient (Wildman–Crippen LogP) is 2.73. The van der Waals surface area contributed by atoms with Gasteiger partial charge < -0.3 is 5.11 Å². The molecule has 8 heteroatoms. The summed E-state index contributed by atoms with van der Waals surface area (Å²) in [6.07, 6.45) is 1.68. The Balaban J connectivity index is 2.02. The van der Waals surface area contributed by atoms with Gasteiger partial charge in [-0.1, -0.05) is 27.5 Å². The molecule has 2 aliphatic heterocycles. The van der Waals surface area contributed by atoms with Crippen molar-refractivity contribution in [3.63, 3.8) is 0 Å². The Morgan fingerprint density at radius 2 is 2.10 bits per heavy atom. The Labute approximate surface area is 136 Å². The second kappa shape index (κ2) is 5.22. The molecule has 3 unspecified atom stereocenters. The van der Waals surface area contributed by atoms with Crippen molar-refractivity contribution in [1.29, 1.82) is 0 Å². The van der Waals surface area contributed by atoms with Crippen molar-refractivity contribution in [1.82, 2.24) is 4.31 Å². The molecule has 1 aromatic rings. The molecule has 1 N–H and O–H groups in total. The van der Waals surface area contributed by atoms with Crippen LogP contribution in [-0.4, -0.2) is 35.9 Å². The lowest BCUT2D eigenvalue weighted by Gasteiger charge is -2.23. The number of halogens is 2. The van der Waals surface area contributed by atoms with Crippen LogP contribution in [0.1, 0.15) is 19.3 Å². The first-order valence-corrected chi connectivity index (χ1v) is 9.15. The maximum absolute atomic E-state index is 12.8. The fourth-order valence-corrected chi connectivity index (χ4v) is 6.31. The van der Waals surface area contributed by atoms with Gasteiger partial charge in [0.15, 0.2) is 0 Å². The number of aliphatic carboxylic acids is 1. The average molecular weight is 395 g/mol.